The molecule has 3 rings (SSSR count). The molecule has 1 aromatic heterocycles. The summed E-state index contributed by atoms with van der Waals surface area (Å²) in [5.74, 6) is 0.426. The number of hydrogen-bond acceptors (Lipinski definition) is 4. The molecule has 0 radical (unpaired) electrons. The number of amides is 1. The van der Waals surface area contributed by atoms with E-state index in [9.17, 15) is 10.1 Å². The summed E-state index contributed by atoms with van der Waals surface area (Å²) in [4.78, 5) is 13.6. The van der Waals surface area contributed by atoms with Crippen LogP contribution in [-0.4, -0.2) is 35.5 Å². The summed E-state index contributed by atoms with van der Waals surface area (Å²) in [5.41, 5.74) is 3.21. The first-order valence-corrected chi connectivity index (χ1v) is 10.9. The molecule has 1 aliphatic heterocycles. The van der Waals surface area contributed by atoms with Gasteiger partial charge in [-0.15, -0.1) is 11.8 Å². The molecule has 5 nitrogen and oxygen atoms in total. The maximum absolute atomic E-state index is 12.4. The van der Waals surface area contributed by atoms with E-state index in [0.717, 1.165) is 53.6 Å². The molecule has 2 heterocycles. The lowest BCUT2D eigenvalue weighted by atomic mass is 10.1. The molecule has 1 atom stereocenters. The molecular weight excluding hydrogens is 382 g/mol. The van der Waals surface area contributed by atoms with E-state index in [1.807, 2.05) is 56.3 Å². The molecular formula is C23H27N3O2S. The van der Waals surface area contributed by atoms with Crippen molar-refractivity contribution in [1.82, 2.24) is 9.88 Å². The fourth-order valence-electron chi connectivity index (χ4n) is 3.50. The first-order chi connectivity index (χ1) is 14.1. The van der Waals surface area contributed by atoms with Crippen LogP contribution in [0.15, 0.2) is 46.9 Å². The number of ether oxygens (including phenoxy) is 1. The number of nitrogens with zero attached hydrogens (tertiary/aromatic N) is 2. The summed E-state index contributed by atoms with van der Waals surface area (Å²) in [7, 11) is 0. The van der Waals surface area contributed by atoms with Crippen LogP contribution in [0.3, 0.4) is 0 Å². The Bertz CT molecular complexity index is 906. The maximum atomic E-state index is 12.4. The van der Waals surface area contributed by atoms with Gasteiger partial charge in [-0.3, -0.25) is 4.79 Å². The Labute approximate surface area is 176 Å². The minimum atomic E-state index is -0.329. The SMILES string of the molecule is Cc1cc(/C=C(\C#N)C(=O)NCCSc2ccccc2)c(C)n1CC1CCCO1. The third kappa shape index (κ3) is 5.75. The van der Waals surface area contributed by atoms with Crippen molar-refractivity contribution in [3.63, 3.8) is 0 Å². The number of rotatable bonds is 8. The molecule has 6 heteroatoms. The lowest BCUT2D eigenvalue weighted by Gasteiger charge is -2.14. The zero-order valence-corrected chi connectivity index (χ0v) is 17.8. The largest absolute Gasteiger partial charge is 0.376 e. The third-order valence-electron chi connectivity index (χ3n) is 5.09. The molecule has 1 N–H and O–H groups in total. The van der Waals surface area contributed by atoms with Crippen molar-refractivity contribution in [2.45, 2.75) is 44.2 Å². The summed E-state index contributed by atoms with van der Waals surface area (Å²) < 4.78 is 7.96. The Balaban J connectivity index is 1.59. The fourth-order valence-corrected chi connectivity index (χ4v) is 4.29. The van der Waals surface area contributed by atoms with Gasteiger partial charge in [-0.1, -0.05) is 18.2 Å². The highest BCUT2D eigenvalue weighted by molar-refractivity contribution is 7.99. The van der Waals surface area contributed by atoms with Crippen molar-refractivity contribution in [2.24, 2.45) is 0 Å². The van der Waals surface area contributed by atoms with Crippen molar-refractivity contribution in [1.29, 1.82) is 5.26 Å². The average molecular weight is 410 g/mol. The maximum Gasteiger partial charge on any atom is 0.261 e. The van der Waals surface area contributed by atoms with Gasteiger partial charge >= 0.3 is 0 Å². The van der Waals surface area contributed by atoms with Gasteiger partial charge in [0, 0.05) is 41.7 Å². The van der Waals surface area contributed by atoms with Crippen LogP contribution in [0.25, 0.3) is 6.08 Å². The normalized spacial score (nSPS) is 16.6. The van der Waals surface area contributed by atoms with E-state index >= 15 is 0 Å². The monoisotopic (exact) mass is 409 g/mol. The van der Waals surface area contributed by atoms with Crippen LogP contribution in [0.2, 0.25) is 0 Å². The molecule has 0 spiro atoms. The average Bonchev–Trinajstić information content (AvgIpc) is 3.34. The molecule has 1 aliphatic rings. The Morgan fingerprint density at radius 2 is 2.17 bits per heavy atom. The van der Waals surface area contributed by atoms with Gasteiger partial charge < -0.3 is 14.6 Å². The van der Waals surface area contributed by atoms with Gasteiger partial charge in [0.1, 0.15) is 11.6 Å². The Kier molecular flexibility index (Phi) is 7.56. The highest BCUT2D eigenvalue weighted by atomic mass is 32.2. The quantitative estimate of drug-likeness (QED) is 0.308. The van der Waals surface area contributed by atoms with Gasteiger partial charge in [0.25, 0.3) is 5.91 Å². The number of carbonyl (C=O) groups is 1. The van der Waals surface area contributed by atoms with Gasteiger partial charge in [0.2, 0.25) is 0 Å². The van der Waals surface area contributed by atoms with Crippen molar-refractivity contribution >= 4 is 23.7 Å². The number of benzene rings is 1. The van der Waals surface area contributed by atoms with Gasteiger partial charge in [-0.05, 0) is 56.5 Å². The predicted octanol–water partition coefficient (Wildman–Crippen LogP) is 4.10. The molecule has 0 bridgehead atoms. The van der Waals surface area contributed by atoms with E-state index in [0.29, 0.717) is 6.54 Å². The molecule has 2 aromatic rings. The number of nitrogens with one attached hydrogen (secondary N) is 1. The minimum absolute atomic E-state index is 0.132. The molecule has 29 heavy (non-hydrogen) atoms. The molecule has 152 valence electrons. The Hall–Kier alpha value is -2.49. The van der Waals surface area contributed by atoms with E-state index in [1.165, 1.54) is 0 Å². The van der Waals surface area contributed by atoms with Crippen LogP contribution >= 0.6 is 11.8 Å². The van der Waals surface area contributed by atoms with Crippen LogP contribution in [0.4, 0.5) is 0 Å². The summed E-state index contributed by atoms with van der Waals surface area (Å²) in [6, 6.07) is 14.1. The van der Waals surface area contributed by atoms with E-state index in [1.54, 1.807) is 17.8 Å². The third-order valence-corrected chi connectivity index (χ3v) is 6.10. The zero-order chi connectivity index (χ0) is 20.6. The minimum Gasteiger partial charge on any atom is -0.376 e. The second kappa shape index (κ2) is 10.3. The van der Waals surface area contributed by atoms with E-state index < -0.39 is 0 Å². The zero-order valence-electron chi connectivity index (χ0n) is 17.0. The number of aryl methyl sites for hydroxylation is 1. The second-order valence-corrected chi connectivity index (χ2v) is 8.33. The van der Waals surface area contributed by atoms with Crippen molar-refractivity contribution < 1.29 is 9.53 Å². The molecule has 0 aliphatic carbocycles. The topological polar surface area (TPSA) is 67.0 Å². The summed E-state index contributed by atoms with van der Waals surface area (Å²) in [6.07, 6.45) is 4.12. The van der Waals surface area contributed by atoms with Crippen molar-refractivity contribution in [2.75, 3.05) is 18.9 Å². The van der Waals surface area contributed by atoms with Gasteiger partial charge in [0.15, 0.2) is 0 Å². The van der Waals surface area contributed by atoms with Crippen molar-refractivity contribution in [3.05, 3.63) is 58.9 Å². The number of aromatic nitrogens is 1. The highest BCUT2D eigenvalue weighted by Crippen LogP contribution is 2.22. The number of hydrogen-bond donors (Lipinski definition) is 1. The van der Waals surface area contributed by atoms with Crippen LogP contribution < -0.4 is 5.32 Å². The first kappa shape index (κ1) is 21.2. The van der Waals surface area contributed by atoms with Gasteiger partial charge in [-0.25, -0.2) is 0 Å². The van der Waals surface area contributed by atoms with Crippen LogP contribution in [0.1, 0.15) is 29.8 Å². The van der Waals surface area contributed by atoms with Gasteiger partial charge in [0.05, 0.1) is 6.10 Å². The smallest absolute Gasteiger partial charge is 0.261 e. The van der Waals surface area contributed by atoms with Crippen molar-refractivity contribution in [3.8, 4) is 6.07 Å². The summed E-state index contributed by atoms with van der Waals surface area (Å²) in [5, 5.41) is 12.3. The highest BCUT2D eigenvalue weighted by Gasteiger charge is 2.19. The van der Waals surface area contributed by atoms with E-state index in [-0.39, 0.29) is 17.6 Å². The Morgan fingerprint density at radius 3 is 2.86 bits per heavy atom. The summed E-state index contributed by atoms with van der Waals surface area (Å²) in [6.45, 7) is 6.23. The second-order valence-electron chi connectivity index (χ2n) is 7.16. The predicted molar refractivity (Wildman–Crippen MR) is 117 cm³/mol. The number of carbonyl (C=O) groups excluding carboxylic acids is 1. The van der Waals surface area contributed by atoms with Gasteiger partial charge in [-0.2, -0.15) is 5.26 Å². The summed E-state index contributed by atoms with van der Waals surface area (Å²) >= 11 is 1.68. The molecule has 1 amide bonds. The van der Waals surface area contributed by atoms with E-state index in [2.05, 4.69) is 9.88 Å². The fraction of sp³-hybridized carbons (Fsp3) is 0.391. The Morgan fingerprint density at radius 1 is 1.38 bits per heavy atom. The van der Waals surface area contributed by atoms with Crippen LogP contribution in [-0.2, 0) is 16.1 Å². The standard InChI is InChI=1S/C23H27N3O2S/c1-17-13-19(18(2)26(17)16-21-7-6-11-28-21)14-20(15-24)23(27)25-10-12-29-22-8-4-3-5-9-22/h3-5,8-9,13-14,21H,6-7,10-12,16H2,1-2H3,(H,25,27)/b20-14+. The molecule has 1 fully saturated rings. The first-order valence-electron chi connectivity index (χ1n) is 9.94. The van der Waals surface area contributed by atoms with Crippen LogP contribution in [0.5, 0.6) is 0 Å². The molecule has 1 aromatic carbocycles. The number of nitriles is 1. The molecule has 1 unspecified atom stereocenters. The van der Waals surface area contributed by atoms with E-state index in [4.69, 9.17) is 4.74 Å². The molecule has 0 saturated carbocycles. The van der Waals surface area contributed by atoms with Crippen LogP contribution in [0, 0.1) is 25.2 Å². The lowest BCUT2D eigenvalue weighted by molar-refractivity contribution is -0.116. The number of thioether (sulfide) groups is 1. The molecule has 1 saturated heterocycles. The lowest BCUT2D eigenvalue weighted by Crippen LogP contribution is -2.26.